The van der Waals surface area contributed by atoms with Gasteiger partial charge in [-0.25, -0.2) is 9.48 Å². The number of hydrogen-bond acceptors (Lipinski definition) is 3. The van der Waals surface area contributed by atoms with E-state index in [-0.39, 0.29) is 5.69 Å². The van der Waals surface area contributed by atoms with Gasteiger partial charge in [-0.2, -0.15) is 0 Å². The van der Waals surface area contributed by atoms with Crippen LogP contribution in [0.3, 0.4) is 0 Å². The van der Waals surface area contributed by atoms with Crippen molar-refractivity contribution in [3.8, 4) is 0 Å². The minimum Gasteiger partial charge on any atom is -0.476 e. The smallest absolute Gasteiger partial charge is 0.355 e. The van der Waals surface area contributed by atoms with Crippen molar-refractivity contribution in [1.82, 2.24) is 15.0 Å². The van der Waals surface area contributed by atoms with Crippen molar-refractivity contribution in [2.45, 2.75) is 6.54 Å². The lowest BCUT2D eigenvalue weighted by atomic mass is 10.0. The second-order valence-electron chi connectivity index (χ2n) is 4.22. The van der Waals surface area contributed by atoms with Crippen molar-refractivity contribution in [3.05, 3.63) is 59.9 Å². The van der Waals surface area contributed by atoms with E-state index in [1.807, 2.05) is 42.5 Å². The maximum Gasteiger partial charge on any atom is 0.355 e. The number of benzene rings is 2. The lowest BCUT2D eigenvalue weighted by Crippen LogP contribution is -2.11. The molecule has 0 amide bonds. The predicted molar refractivity (Wildman–Crippen MR) is 70.0 cm³/mol. The summed E-state index contributed by atoms with van der Waals surface area (Å²) in [4.78, 5) is 11.0. The monoisotopic (exact) mass is 253 g/mol. The van der Waals surface area contributed by atoms with Gasteiger partial charge in [0.2, 0.25) is 0 Å². The highest BCUT2D eigenvalue weighted by Crippen LogP contribution is 2.19. The van der Waals surface area contributed by atoms with Crippen LogP contribution in [0.25, 0.3) is 10.8 Å². The molecule has 1 aromatic heterocycles. The summed E-state index contributed by atoms with van der Waals surface area (Å²) in [7, 11) is 0. The molecule has 0 aliphatic carbocycles. The van der Waals surface area contributed by atoms with Gasteiger partial charge in [0.05, 0.1) is 12.7 Å². The van der Waals surface area contributed by atoms with E-state index in [1.54, 1.807) is 0 Å². The molecule has 3 rings (SSSR count). The minimum absolute atomic E-state index is 0.0907. The van der Waals surface area contributed by atoms with Crippen LogP contribution in [0.2, 0.25) is 0 Å². The van der Waals surface area contributed by atoms with E-state index in [9.17, 15) is 4.79 Å². The molecule has 0 unspecified atom stereocenters. The fraction of sp³-hybridized carbons (Fsp3) is 0.0714. The van der Waals surface area contributed by atoms with E-state index in [0.29, 0.717) is 6.54 Å². The fourth-order valence-electron chi connectivity index (χ4n) is 2.13. The van der Waals surface area contributed by atoms with E-state index in [4.69, 9.17) is 5.11 Å². The second-order valence-corrected chi connectivity index (χ2v) is 4.22. The number of aromatic nitrogens is 3. The Kier molecular flexibility index (Phi) is 2.72. The lowest BCUT2D eigenvalue weighted by molar-refractivity contribution is 0.0684. The Morgan fingerprint density at radius 3 is 2.79 bits per heavy atom. The van der Waals surface area contributed by atoms with Crippen LogP contribution in [0.1, 0.15) is 16.1 Å². The van der Waals surface area contributed by atoms with E-state index in [2.05, 4.69) is 10.3 Å². The molecule has 0 radical (unpaired) electrons. The molecule has 1 N–H and O–H groups in total. The zero-order chi connectivity index (χ0) is 13.2. The quantitative estimate of drug-likeness (QED) is 0.776. The molecule has 0 bridgehead atoms. The summed E-state index contributed by atoms with van der Waals surface area (Å²) in [6.45, 7) is 0.392. The highest BCUT2D eigenvalue weighted by Gasteiger charge is 2.12. The zero-order valence-electron chi connectivity index (χ0n) is 10.0. The molecule has 3 aromatic rings. The third-order valence-corrected chi connectivity index (χ3v) is 3.04. The molecule has 0 saturated heterocycles. The summed E-state index contributed by atoms with van der Waals surface area (Å²) < 4.78 is 1.39. The number of rotatable bonds is 3. The Labute approximate surface area is 109 Å². The Morgan fingerprint density at radius 1 is 1.16 bits per heavy atom. The fourth-order valence-corrected chi connectivity index (χ4v) is 2.13. The topological polar surface area (TPSA) is 68.0 Å². The van der Waals surface area contributed by atoms with E-state index in [1.165, 1.54) is 10.9 Å². The molecule has 94 valence electrons. The van der Waals surface area contributed by atoms with Gasteiger partial charge in [-0.05, 0) is 16.3 Å². The van der Waals surface area contributed by atoms with Crippen molar-refractivity contribution < 1.29 is 9.90 Å². The van der Waals surface area contributed by atoms with Crippen molar-refractivity contribution >= 4 is 16.7 Å². The Bertz CT molecular complexity index is 744. The molecule has 0 spiro atoms. The molecule has 0 saturated carbocycles. The van der Waals surface area contributed by atoms with Crippen LogP contribution in [-0.2, 0) is 6.54 Å². The standard InChI is InChI=1S/C14H11N3O2/c18-14(19)13-8-15-16-17(13)9-11-6-3-5-10-4-1-2-7-12(10)11/h1-8H,9H2,(H,18,19). The van der Waals surface area contributed by atoms with Gasteiger partial charge in [-0.3, -0.25) is 0 Å². The maximum absolute atomic E-state index is 11.0. The van der Waals surface area contributed by atoms with E-state index < -0.39 is 5.97 Å². The van der Waals surface area contributed by atoms with Crippen LogP contribution >= 0.6 is 0 Å². The number of fused-ring (bicyclic) bond motifs is 1. The highest BCUT2D eigenvalue weighted by molar-refractivity contribution is 5.86. The lowest BCUT2D eigenvalue weighted by Gasteiger charge is -2.07. The maximum atomic E-state index is 11.0. The molecule has 5 nitrogen and oxygen atoms in total. The largest absolute Gasteiger partial charge is 0.476 e. The molecule has 0 fully saturated rings. The molecule has 19 heavy (non-hydrogen) atoms. The SMILES string of the molecule is O=C(O)c1cnnn1Cc1cccc2ccccc12. The summed E-state index contributed by atoms with van der Waals surface area (Å²) in [5.41, 5.74) is 1.11. The minimum atomic E-state index is -1.02. The first-order chi connectivity index (χ1) is 9.25. The molecular formula is C14H11N3O2. The molecule has 1 heterocycles. The average molecular weight is 253 g/mol. The average Bonchev–Trinajstić information content (AvgIpc) is 2.87. The van der Waals surface area contributed by atoms with Crippen molar-refractivity contribution in [2.24, 2.45) is 0 Å². The van der Waals surface area contributed by atoms with Gasteiger partial charge < -0.3 is 5.11 Å². The predicted octanol–water partition coefficient (Wildman–Crippen LogP) is 2.18. The summed E-state index contributed by atoms with van der Waals surface area (Å²) in [5.74, 6) is -1.02. The van der Waals surface area contributed by atoms with Gasteiger partial charge in [0.15, 0.2) is 5.69 Å². The zero-order valence-corrected chi connectivity index (χ0v) is 10.0. The number of carboxylic acid groups (broad SMARTS) is 1. The number of carbonyl (C=O) groups is 1. The Hall–Kier alpha value is -2.69. The Balaban J connectivity index is 2.06. The summed E-state index contributed by atoms with van der Waals surface area (Å²) in [5, 5.41) is 18.7. The van der Waals surface area contributed by atoms with Crippen LogP contribution in [0.5, 0.6) is 0 Å². The molecule has 0 aliphatic rings. The molecule has 0 aliphatic heterocycles. The van der Waals surface area contributed by atoms with Crippen LogP contribution in [0.15, 0.2) is 48.7 Å². The van der Waals surface area contributed by atoms with Crippen molar-refractivity contribution in [1.29, 1.82) is 0 Å². The normalized spacial score (nSPS) is 10.7. The van der Waals surface area contributed by atoms with Crippen LogP contribution in [0, 0.1) is 0 Å². The van der Waals surface area contributed by atoms with Crippen molar-refractivity contribution in [2.75, 3.05) is 0 Å². The number of hydrogen-bond donors (Lipinski definition) is 1. The van der Waals surface area contributed by atoms with Gasteiger partial charge in [0, 0.05) is 0 Å². The van der Waals surface area contributed by atoms with Gasteiger partial charge in [-0.1, -0.05) is 47.7 Å². The summed E-state index contributed by atoms with van der Waals surface area (Å²) >= 11 is 0. The van der Waals surface area contributed by atoms with Gasteiger partial charge in [-0.15, -0.1) is 5.10 Å². The first-order valence-electron chi connectivity index (χ1n) is 5.84. The first-order valence-corrected chi connectivity index (χ1v) is 5.84. The second kappa shape index (κ2) is 4.53. The van der Waals surface area contributed by atoms with Crippen LogP contribution in [-0.4, -0.2) is 26.1 Å². The van der Waals surface area contributed by atoms with Crippen LogP contribution < -0.4 is 0 Å². The van der Waals surface area contributed by atoms with Gasteiger partial charge in [0.25, 0.3) is 0 Å². The number of carboxylic acids is 1. The number of aromatic carboxylic acids is 1. The summed E-state index contributed by atoms with van der Waals surface area (Å²) in [6.07, 6.45) is 1.26. The summed E-state index contributed by atoms with van der Waals surface area (Å²) in [6, 6.07) is 13.9. The highest BCUT2D eigenvalue weighted by atomic mass is 16.4. The van der Waals surface area contributed by atoms with Gasteiger partial charge in [0.1, 0.15) is 0 Å². The van der Waals surface area contributed by atoms with Crippen LogP contribution in [0.4, 0.5) is 0 Å². The van der Waals surface area contributed by atoms with Crippen molar-refractivity contribution in [3.63, 3.8) is 0 Å². The Morgan fingerprint density at radius 2 is 1.95 bits per heavy atom. The third-order valence-electron chi connectivity index (χ3n) is 3.04. The van der Waals surface area contributed by atoms with Gasteiger partial charge >= 0.3 is 5.97 Å². The third kappa shape index (κ3) is 2.06. The molecule has 0 atom stereocenters. The molecule has 5 heteroatoms. The van der Waals surface area contributed by atoms with E-state index in [0.717, 1.165) is 16.3 Å². The first kappa shape index (κ1) is 11.4. The molecular weight excluding hydrogens is 242 g/mol. The van der Waals surface area contributed by atoms with E-state index >= 15 is 0 Å². The molecule has 2 aromatic carbocycles. The number of nitrogens with zero attached hydrogens (tertiary/aromatic N) is 3.